The summed E-state index contributed by atoms with van der Waals surface area (Å²) in [5, 5.41) is 14.5. The van der Waals surface area contributed by atoms with Crippen LogP contribution in [-0.4, -0.2) is 116 Å². The third-order valence-corrected chi connectivity index (χ3v) is 11.3. The second-order valence-corrected chi connectivity index (χ2v) is 15.4. The Morgan fingerprint density at radius 3 is 2.63 bits per heavy atom. The van der Waals surface area contributed by atoms with Crippen LogP contribution in [0, 0.1) is 5.92 Å². The fourth-order valence-electron chi connectivity index (χ4n) is 6.76. The van der Waals surface area contributed by atoms with E-state index in [-0.39, 0.29) is 30.2 Å². The van der Waals surface area contributed by atoms with E-state index in [1.807, 2.05) is 19.3 Å². The number of likely N-dealkylation sites (N-methyl/N-ethyl adjacent to an activating group) is 1. The number of alkyl carbamates (subject to hydrolysis) is 1. The van der Waals surface area contributed by atoms with E-state index < -0.39 is 65.7 Å². The third-order valence-electron chi connectivity index (χ3n) is 10.3. The molecule has 2 fully saturated rings. The van der Waals surface area contributed by atoms with Crippen LogP contribution in [0.2, 0.25) is 5.02 Å². The summed E-state index contributed by atoms with van der Waals surface area (Å²) < 4.78 is 29.2. The number of nitrogens with zero attached hydrogens (tertiary/aromatic N) is 2. The van der Waals surface area contributed by atoms with E-state index in [2.05, 4.69) is 5.32 Å². The number of amides is 3. The summed E-state index contributed by atoms with van der Waals surface area (Å²) in [5.74, 6) is -0.656. The predicted molar refractivity (Wildman–Crippen MR) is 199 cm³/mol. The second-order valence-electron chi connectivity index (χ2n) is 14.0. The third kappa shape index (κ3) is 9.25. The van der Waals surface area contributed by atoms with Crippen molar-refractivity contribution in [3.63, 3.8) is 0 Å². The summed E-state index contributed by atoms with van der Waals surface area (Å²) in [4.78, 5) is 56.2. The average Bonchev–Trinajstić information content (AvgIpc) is 3.80. The smallest absolute Gasteiger partial charge is 0.409 e. The molecule has 13 nitrogen and oxygen atoms in total. The van der Waals surface area contributed by atoms with Crippen LogP contribution < -0.4 is 15.0 Å². The number of fused-ring (bicyclic) bond motifs is 5. The molecule has 3 amide bonds. The van der Waals surface area contributed by atoms with Gasteiger partial charge in [0.15, 0.2) is 5.72 Å². The molecule has 4 rings (SSSR count). The molecule has 0 aromatic heterocycles. The molecule has 1 unspecified atom stereocenters. The number of hydrogen-bond donors (Lipinski definition) is 2. The molecule has 52 heavy (non-hydrogen) atoms. The molecule has 1 aromatic rings. The van der Waals surface area contributed by atoms with Gasteiger partial charge in [0.05, 0.1) is 25.3 Å². The Labute approximate surface area is 315 Å². The monoisotopic (exact) mass is 765 g/mol. The van der Waals surface area contributed by atoms with E-state index in [1.165, 1.54) is 24.0 Å². The molecule has 1 aromatic carbocycles. The van der Waals surface area contributed by atoms with E-state index in [0.717, 1.165) is 16.9 Å². The van der Waals surface area contributed by atoms with Gasteiger partial charge in [-0.15, -0.1) is 0 Å². The van der Waals surface area contributed by atoms with Gasteiger partial charge in [-0.25, -0.2) is 9.59 Å². The number of anilines is 1. The van der Waals surface area contributed by atoms with Gasteiger partial charge < -0.3 is 38.6 Å². The number of carbonyl (C=O) groups excluding carboxylic acids is 4. The Morgan fingerprint density at radius 2 is 1.98 bits per heavy atom. The minimum absolute atomic E-state index is 0.0435. The molecule has 0 radical (unpaired) electrons. The van der Waals surface area contributed by atoms with E-state index in [0.29, 0.717) is 24.3 Å². The number of aliphatic hydroxyl groups is 1. The summed E-state index contributed by atoms with van der Waals surface area (Å²) in [5.41, 5.74) is -0.875. The fraction of sp³-hybridized carbons (Fsp3) is 0.622. The van der Waals surface area contributed by atoms with Crippen molar-refractivity contribution in [1.29, 1.82) is 0 Å². The van der Waals surface area contributed by atoms with Crippen molar-refractivity contribution in [1.82, 2.24) is 10.2 Å². The Bertz CT molecular complexity index is 1570. The number of thioether (sulfide) groups is 1. The Kier molecular flexibility index (Phi) is 13.7. The molecule has 0 spiro atoms. The molecule has 3 heterocycles. The summed E-state index contributed by atoms with van der Waals surface area (Å²) in [6.45, 7) is 7.03. The van der Waals surface area contributed by atoms with Crippen LogP contribution in [-0.2, 0) is 39.8 Å². The van der Waals surface area contributed by atoms with Crippen molar-refractivity contribution >= 4 is 52.9 Å². The number of carbonyl (C=O) groups is 4. The van der Waals surface area contributed by atoms with Gasteiger partial charge in [0, 0.05) is 40.0 Å². The number of benzene rings is 1. The van der Waals surface area contributed by atoms with Crippen LogP contribution in [0.5, 0.6) is 5.75 Å². The van der Waals surface area contributed by atoms with Crippen molar-refractivity contribution in [3.8, 4) is 5.75 Å². The van der Waals surface area contributed by atoms with Crippen LogP contribution >= 0.6 is 23.4 Å². The molecule has 0 aliphatic carbocycles. The van der Waals surface area contributed by atoms with E-state index >= 15 is 0 Å². The Morgan fingerprint density at radius 1 is 1.27 bits per heavy atom. The lowest BCUT2D eigenvalue weighted by Crippen LogP contribution is -2.63. The lowest BCUT2D eigenvalue weighted by Gasteiger charge is -2.42. The van der Waals surface area contributed by atoms with E-state index in [1.54, 1.807) is 70.9 Å². The molecule has 3 aliphatic rings. The van der Waals surface area contributed by atoms with Crippen molar-refractivity contribution < 1.29 is 48.0 Å². The molecular weight excluding hydrogens is 714 g/mol. The molecule has 3 aliphatic heterocycles. The van der Waals surface area contributed by atoms with E-state index in [9.17, 15) is 24.3 Å². The van der Waals surface area contributed by atoms with Crippen LogP contribution in [0.4, 0.5) is 10.5 Å². The Hall–Kier alpha value is -3.30. The van der Waals surface area contributed by atoms with Crippen molar-refractivity contribution in [2.24, 2.45) is 5.92 Å². The van der Waals surface area contributed by atoms with Gasteiger partial charge in [-0.05, 0) is 63.3 Å². The average molecular weight is 766 g/mol. The lowest BCUT2D eigenvalue weighted by atomic mass is 9.83. The van der Waals surface area contributed by atoms with Crippen molar-refractivity contribution in [2.75, 3.05) is 45.2 Å². The van der Waals surface area contributed by atoms with Crippen LogP contribution in [0.25, 0.3) is 0 Å². The number of esters is 1. The topological polar surface area (TPSA) is 156 Å². The van der Waals surface area contributed by atoms with Gasteiger partial charge in [0.25, 0.3) is 0 Å². The molecule has 2 N–H and O–H groups in total. The van der Waals surface area contributed by atoms with Gasteiger partial charge in [-0.1, -0.05) is 42.3 Å². The molecule has 0 saturated carbocycles. The highest BCUT2D eigenvalue weighted by molar-refractivity contribution is 7.98. The zero-order chi connectivity index (χ0) is 38.5. The maximum atomic E-state index is 14.1. The van der Waals surface area contributed by atoms with Gasteiger partial charge >= 0.3 is 12.1 Å². The first kappa shape index (κ1) is 41.5. The maximum absolute atomic E-state index is 14.1. The Balaban J connectivity index is 1.74. The van der Waals surface area contributed by atoms with Gasteiger partial charge in [0.1, 0.15) is 40.7 Å². The fourth-order valence-corrected chi connectivity index (χ4v) is 7.51. The zero-order valence-electron chi connectivity index (χ0n) is 31.4. The first-order valence-electron chi connectivity index (χ1n) is 17.3. The number of allylic oxidation sites excluding steroid dienone is 3. The quantitative estimate of drug-likeness (QED) is 0.205. The van der Waals surface area contributed by atoms with Gasteiger partial charge in [-0.3, -0.25) is 14.9 Å². The van der Waals surface area contributed by atoms with Crippen LogP contribution in [0.1, 0.15) is 58.9 Å². The predicted octanol–water partition coefficient (Wildman–Crippen LogP) is 4.66. The second kappa shape index (κ2) is 17.2. The largest absolute Gasteiger partial charge is 0.495 e. The SMILES string of the molecule is COc1cc2cc(c1Cl)N(C)C(=O)C[C@H](OC(=O)[C@H](C)N(C)C(=O)CCCSC)[C@]1(C)O[C@H]1[C@H](C)C1C[C@@](O)(NC(=O)O1)[C@H](OC)/C=C/C=C(\C)C2. The molecule has 2 saturated heterocycles. The number of hydrogen-bond acceptors (Lipinski definition) is 11. The molecule has 4 bridgehead atoms. The molecule has 15 heteroatoms. The maximum Gasteiger partial charge on any atom is 0.409 e. The van der Waals surface area contributed by atoms with Gasteiger partial charge in [-0.2, -0.15) is 11.8 Å². The summed E-state index contributed by atoms with van der Waals surface area (Å²) in [6.07, 6.45) is 3.93. The number of rotatable bonds is 9. The standard InChI is InChI=1S/C37H52ClN3O10S/c1-21-12-10-13-28(48-8)37(46)20-27(49-35(45)39-37)22(2)33-36(4,51-33)29(50-34(44)23(3)40(5)30(42)14-11-15-52-9)19-31(43)41(6)25-17-24(16-21)18-26(47-7)32(25)38/h10,12-13,17-18,22-23,27-29,33,46H,11,14-16,19-20H2,1-9H3,(H,39,45)/b13-10+,21-12+/t22-,23+,27?,28-,29+,33+,36+,37+/m1/s1. The molecular formula is C37H52ClN3O10S. The molecule has 288 valence electrons. The van der Waals surface area contributed by atoms with E-state index in [4.69, 9.17) is 35.3 Å². The highest BCUT2D eigenvalue weighted by Gasteiger charge is 2.64. The highest BCUT2D eigenvalue weighted by atomic mass is 35.5. The van der Waals surface area contributed by atoms with Crippen LogP contribution in [0.15, 0.2) is 35.9 Å². The van der Waals surface area contributed by atoms with Gasteiger partial charge in [0.2, 0.25) is 11.8 Å². The number of nitrogens with one attached hydrogen (secondary N) is 1. The molecule has 8 atom stereocenters. The summed E-state index contributed by atoms with van der Waals surface area (Å²) in [7, 11) is 6.06. The normalized spacial score (nSPS) is 31.6. The van der Waals surface area contributed by atoms with Crippen LogP contribution in [0.3, 0.4) is 0 Å². The number of methoxy groups -OCH3 is 2. The lowest BCUT2D eigenvalue weighted by molar-refractivity contribution is -0.162. The van der Waals surface area contributed by atoms with Crippen molar-refractivity contribution in [3.05, 3.63) is 46.5 Å². The number of halogens is 1. The summed E-state index contributed by atoms with van der Waals surface area (Å²) in [6, 6.07) is 2.65. The zero-order valence-corrected chi connectivity index (χ0v) is 33.0. The first-order chi connectivity index (χ1) is 24.5. The summed E-state index contributed by atoms with van der Waals surface area (Å²) >= 11 is 8.39. The van der Waals surface area contributed by atoms with Crippen molar-refractivity contribution in [2.45, 2.75) is 102 Å². The highest BCUT2D eigenvalue weighted by Crippen LogP contribution is 2.49. The minimum atomic E-state index is -1.82. The number of ether oxygens (including phenoxy) is 5. The number of epoxide rings is 1. The first-order valence-corrected chi connectivity index (χ1v) is 19.1. The minimum Gasteiger partial charge on any atom is -0.495 e.